The van der Waals surface area contributed by atoms with Gasteiger partial charge in [0.25, 0.3) is 0 Å². The minimum absolute atomic E-state index is 0.341. The molecule has 17 heavy (non-hydrogen) atoms. The number of hydrogen-bond donors (Lipinski definition) is 1. The summed E-state index contributed by atoms with van der Waals surface area (Å²) in [4.78, 5) is 5.66. The van der Waals surface area contributed by atoms with Crippen LogP contribution in [0.5, 0.6) is 0 Å². The largest absolute Gasteiger partial charge is 0.330 e. The molecule has 2 N–H and O–H groups in total. The molecule has 1 heterocycles. The average molecular weight is 267 g/mol. The molecule has 1 aromatic carbocycles. The molecular formula is C13H15ClN2S. The smallest absolute Gasteiger partial charge is 0.0968 e. The van der Waals surface area contributed by atoms with Gasteiger partial charge in [0.15, 0.2) is 0 Å². The van der Waals surface area contributed by atoms with Gasteiger partial charge in [-0.05, 0) is 17.7 Å². The molecule has 4 heteroatoms. The zero-order valence-corrected chi connectivity index (χ0v) is 11.3. The van der Waals surface area contributed by atoms with Crippen LogP contribution in [0.2, 0.25) is 5.02 Å². The number of thiazole rings is 1. The van der Waals surface area contributed by atoms with Crippen molar-refractivity contribution in [1.82, 2.24) is 4.98 Å². The normalized spacial score (nSPS) is 12.6. The van der Waals surface area contributed by atoms with E-state index in [1.807, 2.05) is 24.4 Å². The molecule has 1 unspecified atom stereocenters. The summed E-state index contributed by atoms with van der Waals surface area (Å²) in [5.41, 5.74) is 6.85. The summed E-state index contributed by atoms with van der Waals surface area (Å²) in [5.74, 6) is 0.341. The van der Waals surface area contributed by atoms with E-state index in [2.05, 4.69) is 18.0 Å². The van der Waals surface area contributed by atoms with E-state index in [1.54, 1.807) is 11.3 Å². The Hall–Kier alpha value is -0.900. The molecule has 0 amide bonds. The van der Waals surface area contributed by atoms with Crippen LogP contribution >= 0.6 is 22.9 Å². The average Bonchev–Trinajstić information content (AvgIpc) is 2.76. The summed E-state index contributed by atoms with van der Waals surface area (Å²) in [6.45, 7) is 2.74. The molecule has 0 aliphatic heterocycles. The SMILES string of the molecule is CC(CN)c1ncc(Cc2cccc(Cl)c2)s1. The van der Waals surface area contributed by atoms with Gasteiger partial charge >= 0.3 is 0 Å². The Bertz CT molecular complexity index is 496. The van der Waals surface area contributed by atoms with Crippen LogP contribution in [-0.2, 0) is 6.42 Å². The molecule has 0 saturated heterocycles. The Morgan fingerprint density at radius 3 is 3.00 bits per heavy atom. The number of rotatable bonds is 4. The lowest BCUT2D eigenvalue weighted by atomic mass is 10.1. The maximum absolute atomic E-state index is 5.96. The molecule has 1 atom stereocenters. The molecule has 0 bridgehead atoms. The van der Waals surface area contributed by atoms with Crippen LogP contribution in [0.3, 0.4) is 0 Å². The third-order valence-electron chi connectivity index (χ3n) is 2.61. The van der Waals surface area contributed by atoms with E-state index >= 15 is 0 Å². The van der Waals surface area contributed by atoms with Crippen molar-refractivity contribution < 1.29 is 0 Å². The molecule has 2 rings (SSSR count). The zero-order valence-electron chi connectivity index (χ0n) is 9.69. The molecule has 2 nitrogen and oxygen atoms in total. The third kappa shape index (κ3) is 3.28. The zero-order chi connectivity index (χ0) is 12.3. The number of benzene rings is 1. The van der Waals surface area contributed by atoms with Gasteiger partial charge in [-0.1, -0.05) is 30.7 Å². The third-order valence-corrected chi connectivity index (χ3v) is 4.08. The van der Waals surface area contributed by atoms with E-state index in [9.17, 15) is 0 Å². The molecular weight excluding hydrogens is 252 g/mol. The minimum Gasteiger partial charge on any atom is -0.330 e. The second kappa shape index (κ2) is 5.63. The summed E-state index contributed by atoms with van der Waals surface area (Å²) in [6, 6.07) is 7.94. The van der Waals surface area contributed by atoms with Crippen molar-refractivity contribution in [2.45, 2.75) is 19.3 Å². The molecule has 0 aliphatic carbocycles. The summed E-state index contributed by atoms with van der Waals surface area (Å²) >= 11 is 7.69. The highest BCUT2D eigenvalue weighted by Gasteiger charge is 2.09. The first-order valence-corrected chi connectivity index (χ1v) is 6.77. The van der Waals surface area contributed by atoms with Gasteiger partial charge in [-0.25, -0.2) is 4.98 Å². The topological polar surface area (TPSA) is 38.9 Å². The van der Waals surface area contributed by atoms with Crippen LogP contribution in [0, 0.1) is 0 Å². The number of nitrogens with two attached hydrogens (primary N) is 1. The van der Waals surface area contributed by atoms with Crippen molar-refractivity contribution in [3.63, 3.8) is 0 Å². The lowest BCUT2D eigenvalue weighted by molar-refractivity contribution is 0.766. The van der Waals surface area contributed by atoms with Crippen molar-refractivity contribution in [2.24, 2.45) is 5.73 Å². The number of nitrogens with zero attached hydrogens (tertiary/aromatic N) is 1. The molecule has 2 aromatic rings. The van der Waals surface area contributed by atoms with Crippen LogP contribution in [0.25, 0.3) is 0 Å². The second-order valence-corrected chi connectivity index (χ2v) is 5.69. The molecule has 0 aliphatic rings. The number of aromatic nitrogens is 1. The van der Waals surface area contributed by atoms with E-state index in [0.29, 0.717) is 12.5 Å². The van der Waals surface area contributed by atoms with Gasteiger partial charge in [0.2, 0.25) is 0 Å². The summed E-state index contributed by atoms with van der Waals surface area (Å²) < 4.78 is 0. The summed E-state index contributed by atoms with van der Waals surface area (Å²) in [6.07, 6.45) is 2.82. The highest BCUT2D eigenvalue weighted by atomic mass is 35.5. The quantitative estimate of drug-likeness (QED) is 0.921. The van der Waals surface area contributed by atoms with Crippen molar-refractivity contribution in [3.05, 3.63) is 50.9 Å². The highest BCUT2D eigenvalue weighted by molar-refractivity contribution is 7.11. The van der Waals surface area contributed by atoms with Gasteiger partial charge in [0.05, 0.1) is 5.01 Å². The second-order valence-electron chi connectivity index (χ2n) is 4.11. The van der Waals surface area contributed by atoms with Crippen LogP contribution in [0.4, 0.5) is 0 Å². The Labute approximate surface area is 110 Å². The lowest BCUT2D eigenvalue weighted by Gasteiger charge is -2.02. The molecule has 1 aromatic heterocycles. The summed E-state index contributed by atoms with van der Waals surface area (Å²) in [7, 11) is 0. The van der Waals surface area contributed by atoms with Gasteiger partial charge in [-0.15, -0.1) is 11.3 Å². The Morgan fingerprint density at radius 2 is 2.29 bits per heavy atom. The molecule has 0 saturated carbocycles. The van der Waals surface area contributed by atoms with Crippen LogP contribution in [0.1, 0.15) is 28.3 Å². The van der Waals surface area contributed by atoms with Crippen molar-refractivity contribution in [3.8, 4) is 0 Å². The van der Waals surface area contributed by atoms with E-state index in [4.69, 9.17) is 17.3 Å². The monoisotopic (exact) mass is 266 g/mol. The number of hydrogen-bond acceptors (Lipinski definition) is 3. The summed E-state index contributed by atoms with van der Waals surface area (Å²) in [5, 5.41) is 1.90. The molecule has 0 fully saturated rings. The first-order valence-electron chi connectivity index (χ1n) is 5.58. The maximum Gasteiger partial charge on any atom is 0.0968 e. The Morgan fingerprint density at radius 1 is 1.47 bits per heavy atom. The van der Waals surface area contributed by atoms with Crippen molar-refractivity contribution >= 4 is 22.9 Å². The van der Waals surface area contributed by atoms with E-state index in [1.165, 1.54) is 10.4 Å². The predicted octanol–water partition coefficient (Wildman–Crippen LogP) is 3.45. The first-order chi connectivity index (χ1) is 8.19. The molecule has 0 radical (unpaired) electrons. The van der Waals surface area contributed by atoms with Gasteiger partial charge in [0.1, 0.15) is 0 Å². The van der Waals surface area contributed by atoms with Gasteiger partial charge in [0, 0.05) is 35.0 Å². The lowest BCUT2D eigenvalue weighted by Crippen LogP contribution is -2.08. The first kappa shape index (κ1) is 12.6. The fourth-order valence-electron chi connectivity index (χ4n) is 1.58. The standard InChI is InChI=1S/C13H15ClN2S/c1-9(7-15)13-16-8-12(17-13)6-10-3-2-4-11(14)5-10/h2-5,8-9H,6-7,15H2,1H3. The molecule has 90 valence electrons. The van der Waals surface area contributed by atoms with E-state index < -0.39 is 0 Å². The van der Waals surface area contributed by atoms with Gasteiger partial charge < -0.3 is 5.73 Å². The van der Waals surface area contributed by atoms with Crippen LogP contribution in [0.15, 0.2) is 30.5 Å². The van der Waals surface area contributed by atoms with Crippen molar-refractivity contribution in [1.29, 1.82) is 0 Å². The Kier molecular flexibility index (Phi) is 4.15. The Balaban J connectivity index is 2.11. The molecule has 0 spiro atoms. The van der Waals surface area contributed by atoms with Crippen LogP contribution < -0.4 is 5.73 Å². The van der Waals surface area contributed by atoms with E-state index in [0.717, 1.165) is 16.5 Å². The fraction of sp³-hybridized carbons (Fsp3) is 0.308. The minimum atomic E-state index is 0.341. The van der Waals surface area contributed by atoms with Crippen LogP contribution in [-0.4, -0.2) is 11.5 Å². The predicted molar refractivity (Wildman–Crippen MR) is 73.8 cm³/mol. The number of halogens is 1. The van der Waals surface area contributed by atoms with Gasteiger partial charge in [-0.3, -0.25) is 0 Å². The highest BCUT2D eigenvalue weighted by Crippen LogP contribution is 2.23. The van der Waals surface area contributed by atoms with E-state index in [-0.39, 0.29) is 0 Å². The van der Waals surface area contributed by atoms with Gasteiger partial charge in [-0.2, -0.15) is 0 Å². The van der Waals surface area contributed by atoms with Crippen molar-refractivity contribution in [2.75, 3.05) is 6.54 Å². The fourth-order valence-corrected chi connectivity index (χ4v) is 2.81. The maximum atomic E-state index is 5.96.